The minimum Gasteiger partial charge on any atom is -0.389 e. The van der Waals surface area contributed by atoms with Crippen LogP contribution in [0, 0.1) is 0 Å². The summed E-state index contributed by atoms with van der Waals surface area (Å²) in [7, 11) is 1.49. The fraction of sp³-hybridized carbons (Fsp3) is 0.364. The molecule has 0 spiro atoms. The van der Waals surface area contributed by atoms with Gasteiger partial charge in [-0.3, -0.25) is 4.79 Å². The van der Waals surface area contributed by atoms with Crippen molar-refractivity contribution in [2.75, 3.05) is 20.3 Å². The molecule has 0 fully saturated rings. The average Bonchev–Trinajstić information content (AvgIpc) is 2.26. The number of hydrogen-bond donors (Lipinski definition) is 2. The van der Waals surface area contributed by atoms with Gasteiger partial charge in [0.05, 0.1) is 12.7 Å². The number of halogens is 1. The summed E-state index contributed by atoms with van der Waals surface area (Å²) in [5.41, 5.74) is 0.470. The van der Waals surface area contributed by atoms with Gasteiger partial charge in [-0.15, -0.1) is 0 Å². The van der Waals surface area contributed by atoms with E-state index in [1.807, 2.05) is 0 Å². The number of nitrogens with one attached hydrogen (secondary N) is 1. The summed E-state index contributed by atoms with van der Waals surface area (Å²) < 4.78 is 4.74. The number of amides is 1. The first-order chi connectivity index (χ1) is 7.63. The third-order valence-corrected chi connectivity index (χ3v) is 2.18. The minimum atomic E-state index is -0.701. The van der Waals surface area contributed by atoms with Crippen LogP contribution >= 0.6 is 11.6 Å². The standard InChI is InChI=1S/C11H14ClNO3/c1-16-7-10(14)6-13-11(15)8-3-2-4-9(12)5-8/h2-5,10,14H,6-7H2,1H3,(H,13,15). The van der Waals surface area contributed by atoms with E-state index in [1.165, 1.54) is 7.11 Å². The first-order valence-electron chi connectivity index (χ1n) is 4.84. The van der Waals surface area contributed by atoms with E-state index in [0.29, 0.717) is 10.6 Å². The fourth-order valence-corrected chi connectivity index (χ4v) is 1.38. The van der Waals surface area contributed by atoms with Crippen LogP contribution in [0.2, 0.25) is 5.02 Å². The Hall–Kier alpha value is -1.10. The monoisotopic (exact) mass is 243 g/mol. The highest BCUT2D eigenvalue weighted by atomic mass is 35.5. The number of carbonyl (C=O) groups is 1. The number of methoxy groups -OCH3 is 1. The molecule has 88 valence electrons. The van der Waals surface area contributed by atoms with Crippen molar-refractivity contribution in [2.24, 2.45) is 0 Å². The molecule has 4 nitrogen and oxygen atoms in total. The molecule has 0 radical (unpaired) electrons. The van der Waals surface area contributed by atoms with Crippen molar-refractivity contribution in [3.8, 4) is 0 Å². The summed E-state index contributed by atoms with van der Waals surface area (Å²) in [6.07, 6.45) is -0.701. The zero-order chi connectivity index (χ0) is 12.0. The summed E-state index contributed by atoms with van der Waals surface area (Å²) in [5, 5.41) is 12.4. The summed E-state index contributed by atoms with van der Waals surface area (Å²) in [6.45, 7) is 0.342. The molecule has 0 saturated heterocycles. The number of ether oxygens (including phenoxy) is 1. The average molecular weight is 244 g/mol. The lowest BCUT2D eigenvalue weighted by Crippen LogP contribution is -2.34. The highest BCUT2D eigenvalue weighted by Gasteiger charge is 2.08. The van der Waals surface area contributed by atoms with Crippen LogP contribution < -0.4 is 5.32 Å². The molecule has 1 aromatic rings. The summed E-state index contributed by atoms with van der Waals surface area (Å²) in [5.74, 6) is -0.266. The molecule has 0 aliphatic carbocycles. The Labute approximate surface area is 99.2 Å². The van der Waals surface area contributed by atoms with Crippen LogP contribution in [0.5, 0.6) is 0 Å². The molecule has 16 heavy (non-hydrogen) atoms. The Morgan fingerprint density at radius 2 is 2.38 bits per heavy atom. The second-order valence-corrected chi connectivity index (χ2v) is 3.77. The molecule has 1 rings (SSSR count). The van der Waals surface area contributed by atoms with Gasteiger partial charge in [0.2, 0.25) is 0 Å². The molecule has 0 aromatic heterocycles. The van der Waals surface area contributed by atoms with Crippen LogP contribution in [0.4, 0.5) is 0 Å². The van der Waals surface area contributed by atoms with E-state index in [-0.39, 0.29) is 19.1 Å². The zero-order valence-corrected chi connectivity index (χ0v) is 9.70. The number of aliphatic hydroxyl groups is 1. The molecule has 1 atom stereocenters. The van der Waals surface area contributed by atoms with Crippen LogP contribution in [0.15, 0.2) is 24.3 Å². The Balaban J connectivity index is 2.47. The Bertz CT molecular complexity index is 357. The van der Waals surface area contributed by atoms with Gasteiger partial charge in [-0.25, -0.2) is 0 Å². The number of carbonyl (C=O) groups excluding carboxylic acids is 1. The molecule has 1 unspecified atom stereocenters. The first kappa shape index (κ1) is 13.0. The van der Waals surface area contributed by atoms with Gasteiger partial charge < -0.3 is 15.2 Å². The number of hydrogen-bond acceptors (Lipinski definition) is 3. The van der Waals surface area contributed by atoms with Crippen molar-refractivity contribution in [1.82, 2.24) is 5.32 Å². The van der Waals surface area contributed by atoms with E-state index in [9.17, 15) is 9.90 Å². The first-order valence-corrected chi connectivity index (χ1v) is 5.22. The lowest BCUT2D eigenvalue weighted by molar-refractivity contribution is 0.0610. The van der Waals surface area contributed by atoms with Crippen molar-refractivity contribution in [3.63, 3.8) is 0 Å². The highest BCUT2D eigenvalue weighted by Crippen LogP contribution is 2.10. The normalized spacial score (nSPS) is 12.2. The van der Waals surface area contributed by atoms with Gasteiger partial charge in [0.1, 0.15) is 0 Å². The van der Waals surface area contributed by atoms with Crippen molar-refractivity contribution in [1.29, 1.82) is 0 Å². The van der Waals surface area contributed by atoms with Crippen molar-refractivity contribution < 1.29 is 14.6 Å². The van der Waals surface area contributed by atoms with Gasteiger partial charge in [0.15, 0.2) is 0 Å². The number of rotatable bonds is 5. The largest absolute Gasteiger partial charge is 0.389 e. The molecule has 0 aliphatic rings. The van der Waals surface area contributed by atoms with Gasteiger partial charge >= 0.3 is 0 Å². The summed E-state index contributed by atoms with van der Waals surface area (Å²) >= 11 is 5.75. The van der Waals surface area contributed by atoms with E-state index < -0.39 is 6.10 Å². The smallest absolute Gasteiger partial charge is 0.251 e. The van der Waals surface area contributed by atoms with E-state index in [0.717, 1.165) is 0 Å². The molecule has 0 aliphatic heterocycles. The predicted molar refractivity (Wildman–Crippen MR) is 61.7 cm³/mol. The van der Waals surface area contributed by atoms with Crippen LogP contribution in [-0.4, -0.2) is 37.4 Å². The lowest BCUT2D eigenvalue weighted by Gasteiger charge is -2.10. The van der Waals surface area contributed by atoms with Gasteiger partial charge in [-0.05, 0) is 18.2 Å². The SMILES string of the molecule is COCC(O)CNC(=O)c1cccc(Cl)c1. The fourth-order valence-electron chi connectivity index (χ4n) is 1.19. The molecular weight excluding hydrogens is 230 g/mol. The lowest BCUT2D eigenvalue weighted by atomic mass is 10.2. The van der Waals surface area contributed by atoms with Crippen LogP contribution in [0.3, 0.4) is 0 Å². The number of aliphatic hydroxyl groups excluding tert-OH is 1. The van der Waals surface area contributed by atoms with Crippen LogP contribution in [-0.2, 0) is 4.74 Å². The van der Waals surface area contributed by atoms with E-state index >= 15 is 0 Å². The van der Waals surface area contributed by atoms with Crippen molar-refractivity contribution in [2.45, 2.75) is 6.10 Å². The molecular formula is C11H14ClNO3. The summed E-state index contributed by atoms with van der Waals surface area (Å²) in [6, 6.07) is 6.62. The Morgan fingerprint density at radius 3 is 3.00 bits per heavy atom. The quantitative estimate of drug-likeness (QED) is 0.814. The molecule has 1 amide bonds. The van der Waals surface area contributed by atoms with Crippen molar-refractivity contribution >= 4 is 17.5 Å². The third-order valence-electron chi connectivity index (χ3n) is 1.94. The summed E-state index contributed by atoms with van der Waals surface area (Å²) in [4.78, 5) is 11.6. The molecule has 1 aromatic carbocycles. The topological polar surface area (TPSA) is 58.6 Å². The third kappa shape index (κ3) is 4.18. The molecule has 0 bridgehead atoms. The maximum Gasteiger partial charge on any atom is 0.251 e. The molecule has 5 heteroatoms. The Morgan fingerprint density at radius 1 is 1.62 bits per heavy atom. The van der Waals surface area contributed by atoms with Crippen molar-refractivity contribution in [3.05, 3.63) is 34.9 Å². The highest BCUT2D eigenvalue weighted by molar-refractivity contribution is 6.30. The maximum atomic E-state index is 11.6. The zero-order valence-electron chi connectivity index (χ0n) is 8.94. The number of benzene rings is 1. The van der Waals surface area contributed by atoms with E-state index in [4.69, 9.17) is 16.3 Å². The maximum absolute atomic E-state index is 11.6. The van der Waals surface area contributed by atoms with E-state index in [1.54, 1.807) is 24.3 Å². The minimum absolute atomic E-state index is 0.152. The van der Waals surface area contributed by atoms with Crippen LogP contribution in [0.25, 0.3) is 0 Å². The second-order valence-electron chi connectivity index (χ2n) is 3.33. The molecule has 2 N–H and O–H groups in total. The van der Waals surface area contributed by atoms with Gasteiger partial charge in [0.25, 0.3) is 5.91 Å². The second kappa shape index (κ2) is 6.48. The van der Waals surface area contributed by atoms with Gasteiger partial charge in [0, 0.05) is 24.2 Å². The van der Waals surface area contributed by atoms with Gasteiger partial charge in [-0.1, -0.05) is 17.7 Å². The van der Waals surface area contributed by atoms with E-state index in [2.05, 4.69) is 5.32 Å². The molecule has 0 heterocycles. The molecule has 0 saturated carbocycles. The van der Waals surface area contributed by atoms with Crippen LogP contribution in [0.1, 0.15) is 10.4 Å². The van der Waals surface area contributed by atoms with Gasteiger partial charge in [-0.2, -0.15) is 0 Å². The Kier molecular flexibility index (Phi) is 5.25. The predicted octanol–water partition coefficient (Wildman–Crippen LogP) is 1.08.